The molecule has 0 saturated heterocycles. The first-order valence-corrected chi connectivity index (χ1v) is 23.8. The molecule has 5 rings (SSSR count). The quantitative estimate of drug-likeness (QED) is 0.0122. The number of carbonyl (C=O) groups excluding carboxylic acids is 8. The van der Waals surface area contributed by atoms with Crippen molar-refractivity contribution in [3.05, 3.63) is 164 Å². The fourth-order valence-corrected chi connectivity index (χ4v) is 6.87. The topological polar surface area (TPSA) is 266 Å². The van der Waals surface area contributed by atoms with Crippen LogP contribution in [0.15, 0.2) is 147 Å². The zero-order valence-corrected chi connectivity index (χ0v) is 41.6. The van der Waals surface area contributed by atoms with Crippen molar-refractivity contribution in [3.8, 4) is 17.2 Å². The molecule has 0 amide bonds. The van der Waals surface area contributed by atoms with Crippen LogP contribution in [0.4, 0.5) is 5.13 Å². The summed E-state index contributed by atoms with van der Waals surface area (Å²) in [6, 6.07) is 24.4. The number of para-hydroxylation sites is 1. The van der Waals surface area contributed by atoms with Crippen LogP contribution in [0, 0.1) is 0 Å². The minimum absolute atomic E-state index is 0.0369. The van der Waals surface area contributed by atoms with Crippen molar-refractivity contribution in [1.82, 2.24) is 4.98 Å². The van der Waals surface area contributed by atoms with Crippen molar-refractivity contribution in [2.75, 3.05) is 51.7 Å². The van der Waals surface area contributed by atoms with E-state index in [0.717, 1.165) is 34.5 Å². The lowest BCUT2D eigenvalue weighted by atomic mass is 10.1. The van der Waals surface area contributed by atoms with Gasteiger partial charge in [-0.1, -0.05) is 55.9 Å². The molecule has 0 fully saturated rings. The first-order valence-electron chi connectivity index (χ1n) is 22.9. The van der Waals surface area contributed by atoms with Crippen molar-refractivity contribution in [3.63, 3.8) is 0 Å². The van der Waals surface area contributed by atoms with Crippen molar-refractivity contribution in [2.24, 2.45) is 5.10 Å². The molecule has 5 aromatic rings. The fraction of sp³-hybridized carbons (Fsp3) is 0.222. The molecule has 2 unspecified atom stereocenters. The van der Waals surface area contributed by atoms with E-state index in [1.54, 1.807) is 18.2 Å². The van der Waals surface area contributed by atoms with E-state index in [4.69, 9.17) is 47.4 Å². The molecule has 1 N–H and O–H groups in total. The van der Waals surface area contributed by atoms with E-state index in [0.29, 0.717) is 22.0 Å². The first-order chi connectivity index (χ1) is 36.7. The van der Waals surface area contributed by atoms with E-state index in [1.165, 1.54) is 66.1 Å². The number of aromatic nitrogens is 1. The Bertz CT molecular complexity index is 2880. The van der Waals surface area contributed by atoms with Gasteiger partial charge in [-0.2, -0.15) is 5.10 Å². The largest absolute Gasteiger partial charge is 0.490 e. The average molecular weight is 1060 g/mol. The molecular weight excluding hydrogens is 1010 g/mol. The third-order valence-electron chi connectivity index (χ3n) is 9.80. The van der Waals surface area contributed by atoms with E-state index >= 15 is 0 Å². The number of fused-ring (bicyclic) bond motifs is 1. The predicted octanol–water partition coefficient (Wildman–Crippen LogP) is 6.64. The molecular formula is C54H51N3O18S. The zero-order valence-electron chi connectivity index (χ0n) is 40.8. The Morgan fingerprint density at radius 3 is 1.62 bits per heavy atom. The van der Waals surface area contributed by atoms with Crippen LogP contribution in [0.5, 0.6) is 17.2 Å². The number of carbonyl (C=O) groups is 8. The molecule has 0 bridgehead atoms. The second-order valence-corrected chi connectivity index (χ2v) is 16.3. The smallest absolute Gasteiger partial charge is 0.343 e. The maximum Gasteiger partial charge on any atom is 0.343 e. The fourth-order valence-electron chi connectivity index (χ4n) is 6.06. The first kappa shape index (κ1) is 57.5. The van der Waals surface area contributed by atoms with Crippen LogP contribution in [-0.2, 0) is 68.3 Å². The molecule has 4 aromatic carbocycles. The summed E-state index contributed by atoms with van der Waals surface area (Å²) in [5, 5.41) is 4.88. The number of hydrazone groups is 1. The molecule has 0 aliphatic carbocycles. The number of nitrogens with zero attached hydrogens (tertiary/aromatic N) is 2. The van der Waals surface area contributed by atoms with E-state index in [1.807, 2.05) is 24.3 Å². The Hall–Kier alpha value is -9.44. The summed E-state index contributed by atoms with van der Waals surface area (Å²) in [6.45, 7) is 11.5. The van der Waals surface area contributed by atoms with Crippen LogP contribution < -0.4 is 19.6 Å². The molecule has 76 heavy (non-hydrogen) atoms. The Labute approximate surface area is 439 Å². The summed E-state index contributed by atoms with van der Waals surface area (Å²) >= 11 is 1.39. The third-order valence-corrected chi connectivity index (χ3v) is 10.7. The van der Waals surface area contributed by atoms with E-state index in [2.05, 4.69) is 41.8 Å². The normalized spacial score (nSPS) is 11.4. The number of nitrogens with one attached hydrogen (secondary N) is 1. The van der Waals surface area contributed by atoms with Crippen molar-refractivity contribution >= 4 is 80.7 Å². The number of hydrogen-bond acceptors (Lipinski definition) is 22. The van der Waals surface area contributed by atoms with Gasteiger partial charge in [0, 0.05) is 36.3 Å². The molecule has 0 radical (unpaired) electrons. The van der Waals surface area contributed by atoms with E-state index < -0.39 is 60.0 Å². The summed E-state index contributed by atoms with van der Waals surface area (Å²) < 4.78 is 54.2. The highest BCUT2D eigenvalue weighted by molar-refractivity contribution is 7.22. The minimum Gasteiger partial charge on any atom is -0.490 e. The van der Waals surface area contributed by atoms with Gasteiger partial charge in [-0.25, -0.2) is 33.8 Å². The summed E-state index contributed by atoms with van der Waals surface area (Å²) in [7, 11) is 0. The highest BCUT2D eigenvalue weighted by Gasteiger charge is 2.21. The van der Waals surface area contributed by atoms with Gasteiger partial charge in [0.25, 0.3) is 0 Å². The second-order valence-electron chi connectivity index (χ2n) is 15.3. The molecule has 1 heterocycles. The van der Waals surface area contributed by atoms with Gasteiger partial charge in [-0.3, -0.25) is 15.0 Å². The SMILES string of the molecule is C=CC(=O)OCCC(=O)OC(COC(=O)C=C)COc1ccc(C(=O)OCCc2ccc(OC(=O)c3ccc(OCC(COC(=O)C=C)OC(=O)CCOC(=O)C=C)cc3)c(/C=N/Nc3nc4ccccc4s3)c2)cc1. The molecule has 396 valence electrons. The van der Waals surface area contributed by atoms with Gasteiger partial charge in [0.15, 0.2) is 12.2 Å². The summed E-state index contributed by atoms with van der Waals surface area (Å²) in [5.74, 6) is -5.04. The van der Waals surface area contributed by atoms with Crippen LogP contribution in [0.3, 0.4) is 0 Å². The lowest BCUT2D eigenvalue weighted by Crippen LogP contribution is -2.31. The Kier molecular flexibility index (Phi) is 23.1. The number of ether oxygens (including phenoxy) is 10. The van der Waals surface area contributed by atoms with E-state index in [-0.39, 0.29) is 88.1 Å². The number of rotatable bonds is 31. The summed E-state index contributed by atoms with van der Waals surface area (Å²) in [6.07, 6.45) is 2.87. The van der Waals surface area contributed by atoms with E-state index in [9.17, 15) is 38.4 Å². The van der Waals surface area contributed by atoms with Crippen LogP contribution >= 0.6 is 11.3 Å². The van der Waals surface area contributed by atoms with Gasteiger partial charge < -0.3 is 47.4 Å². The number of thiazole rings is 1. The lowest BCUT2D eigenvalue weighted by molar-refractivity contribution is -0.160. The van der Waals surface area contributed by atoms with Crippen molar-refractivity contribution < 1.29 is 85.7 Å². The highest BCUT2D eigenvalue weighted by Crippen LogP contribution is 2.26. The van der Waals surface area contributed by atoms with Gasteiger partial charge in [0.05, 0.1) is 47.0 Å². The summed E-state index contributed by atoms with van der Waals surface area (Å²) in [5.41, 5.74) is 5.15. The molecule has 2 atom stereocenters. The zero-order chi connectivity index (χ0) is 54.7. The standard InChI is InChI=1S/C54H51N3O18S/c1-5-46(58)66-27-24-50(62)73-41(33-71-48(60)7-3)31-69-39-18-14-36(15-19-39)52(64)68-26-23-35-13-22-44(38(29-35)30-55-57-54-56-43-11-9-10-12-45(43)76-54)75-53(65)37-16-20-40(21-17-37)70-32-42(34-72-49(61)8-4)74-51(63)25-28-67-47(59)6-2/h5-22,29-30,41-42H,1-4,23-28,31-34H2,(H,56,57)/b55-30+. The van der Waals surface area contributed by atoms with Crippen molar-refractivity contribution in [2.45, 2.75) is 31.5 Å². The molecule has 0 aliphatic heterocycles. The van der Waals surface area contributed by atoms with Crippen LogP contribution in [0.25, 0.3) is 10.2 Å². The van der Waals surface area contributed by atoms with Crippen LogP contribution in [0.2, 0.25) is 0 Å². The maximum absolute atomic E-state index is 13.5. The number of benzene rings is 4. The molecule has 0 saturated carbocycles. The lowest BCUT2D eigenvalue weighted by Gasteiger charge is -2.18. The highest BCUT2D eigenvalue weighted by atomic mass is 32.1. The molecule has 22 heteroatoms. The minimum atomic E-state index is -1.05. The molecule has 21 nitrogen and oxygen atoms in total. The Morgan fingerprint density at radius 1 is 0.579 bits per heavy atom. The summed E-state index contributed by atoms with van der Waals surface area (Å²) in [4.78, 5) is 102. The number of hydrogen-bond donors (Lipinski definition) is 1. The maximum atomic E-state index is 13.5. The number of anilines is 1. The molecule has 1 aromatic heterocycles. The Morgan fingerprint density at radius 2 is 1.09 bits per heavy atom. The van der Waals surface area contributed by atoms with Gasteiger partial charge in [-0.05, 0) is 78.4 Å². The van der Waals surface area contributed by atoms with Crippen LogP contribution in [-0.4, -0.2) is 117 Å². The number of esters is 8. The van der Waals surface area contributed by atoms with Crippen molar-refractivity contribution in [1.29, 1.82) is 0 Å². The van der Waals surface area contributed by atoms with Gasteiger partial charge in [0.1, 0.15) is 56.9 Å². The van der Waals surface area contributed by atoms with Gasteiger partial charge >= 0.3 is 47.8 Å². The molecule has 0 spiro atoms. The molecule has 0 aliphatic rings. The van der Waals surface area contributed by atoms with Crippen LogP contribution in [0.1, 0.15) is 44.7 Å². The second kappa shape index (κ2) is 30.6. The van der Waals surface area contributed by atoms with Gasteiger partial charge in [0.2, 0.25) is 5.13 Å². The average Bonchev–Trinajstić information content (AvgIpc) is 3.85. The monoisotopic (exact) mass is 1060 g/mol. The Balaban J connectivity index is 1.19. The van der Waals surface area contributed by atoms with Gasteiger partial charge in [-0.15, -0.1) is 0 Å². The predicted molar refractivity (Wildman–Crippen MR) is 274 cm³/mol. The third kappa shape index (κ3) is 19.9.